The number of unbranched alkanes of at least 4 members (excludes halogenated alkanes) is 11. The molecular weight excluding hydrogens is 618 g/mol. The molecular formula is C41H70NO7+. The molecule has 0 heterocycles. The van der Waals surface area contributed by atoms with Crippen LogP contribution in [0.1, 0.15) is 129 Å². The van der Waals surface area contributed by atoms with E-state index in [1.807, 2.05) is 57.6 Å². The second-order valence-corrected chi connectivity index (χ2v) is 13.5. The van der Waals surface area contributed by atoms with Gasteiger partial charge >= 0.3 is 17.9 Å². The average Bonchev–Trinajstić information content (AvgIpc) is 3.05. The second kappa shape index (κ2) is 32.2. The van der Waals surface area contributed by atoms with E-state index in [-0.39, 0.29) is 36.2 Å². The predicted octanol–water partition coefficient (Wildman–Crippen LogP) is 9.46. The van der Waals surface area contributed by atoms with Crippen LogP contribution in [0.5, 0.6) is 0 Å². The lowest BCUT2D eigenvalue weighted by Gasteiger charge is -2.31. The number of likely N-dealkylation sites (N-methyl/N-ethyl adjacent to an activating group) is 1. The van der Waals surface area contributed by atoms with E-state index in [1.54, 1.807) is 0 Å². The molecule has 0 spiro atoms. The molecule has 0 rings (SSSR count). The Bertz CT molecular complexity index is 990. The highest BCUT2D eigenvalue weighted by molar-refractivity contribution is 5.72. The van der Waals surface area contributed by atoms with E-state index in [9.17, 15) is 19.5 Å². The molecule has 2 unspecified atom stereocenters. The number of ether oxygens (including phenoxy) is 3. The summed E-state index contributed by atoms with van der Waals surface area (Å²) in [7, 11) is 5.49. The normalized spacial score (nSPS) is 13.7. The Morgan fingerprint density at radius 1 is 0.633 bits per heavy atom. The van der Waals surface area contributed by atoms with Crippen LogP contribution in [-0.2, 0) is 28.6 Å². The van der Waals surface area contributed by atoms with Gasteiger partial charge in [-0.1, -0.05) is 113 Å². The molecule has 8 heteroatoms. The number of hydrogen-bond acceptors (Lipinski definition) is 6. The minimum absolute atomic E-state index is 0.0421. The SMILES string of the molecule is CC/C=C/C=C/C=C/C=C/CCCCCC(=O)OCC(COCCC(C(=O)O)[N+](C)(C)C)OC(=O)CCCCCCC/C=C/CCCCC. The summed E-state index contributed by atoms with van der Waals surface area (Å²) in [6.07, 6.45) is 36.9. The fraction of sp³-hybridized carbons (Fsp3) is 0.683. The van der Waals surface area contributed by atoms with Crippen LogP contribution < -0.4 is 0 Å². The molecule has 0 saturated carbocycles. The Morgan fingerprint density at radius 3 is 1.78 bits per heavy atom. The van der Waals surface area contributed by atoms with Gasteiger partial charge in [0.25, 0.3) is 0 Å². The van der Waals surface area contributed by atoms with Crippen molar-refractivity contribution in [2.45, 2.75) is 142 Å². The first-order valence-electron chi connectivity index (χ1n) is 18.9. The Kier molecular flexibility index (Phi) is 30.3. The zero-order valence-corrected chi connectivity index (χ0v) is 31.6. The highest BCUT2D eigenvalue weighted by Gasteiger charge is 2.31. The molecule has 0 saturated heterocycles. The van der Waals surface area contributed by atoms with Crippen LogP contribution in [0.2, 0.25) is 0 Å². The highest BCUT2D eigenvalue weighted by atomic mass is 16.6. The lowest BCUT2D eigenvalue weighted by Crippen LogP contribution is -2.50. The number of carboxylic acids is 1. The van der Waals surface area contributed by atoms with Crippen molar-refractivity contribution in [1.82, 2.24) is 0 Å². The van der Waals surface area contributed by atoms with Crippen molar-refractivity contribution >= 4 is 17.9 Å². The number of carbonyl (C=O) groups is 3. The number of carboxylic acid groups (broad SMARTS) is 1. The fourth-order valence-corrected chi connectivity index (χ4v) is 5.03. The van der Waals surface area contributed by atoms with E-state index in [0.29, 0.717) is 19.3 Å². The number of quaternary nitrogens is 1. The van der Waals surface area contributed by atoms with Crippen molar-refractivity contribution in [2.75, 3.05) is 41.0 Å². The van der Waals surface area contributed by atoms with Crippen molar-refractivity contribution in [3.8, 4) is 0 Å². The molecule has 0 amide bonds. The number of rotatable bonds is 32. The van der Waals surface area contributed by atoms with Gasteiger partial charge < -0.3 is 23.8 Å². The molecule has 0 aromatic heterocycles. The summed E-state index contributed by atoms with van der Waals surface area (Å²) in [5.74, 6) is -1.54. The molecule has 0 aliphatic heterocycles. The molecule has 0 aromatic carbocycles. The maximum atomic E-state index is 12.6. The molecule has 0 bridgehead atoms. The summed E-state index contributed by atoms with van der Waals surface area (Å²) in [4.78, 5) is 36.7. The van der Waals surface area contributed by atoms with Crippen LogP contribution in [0.15, 0.2) is 60.8 Å². The summed E-state index contributed by atoms with van der Waals surface area (Å²) in [6.45, 7) is 4.49. The molecule has 0 fully saturated rings. The van der Waals surface area contributed by atoms with Gasteiger partial charge in [0.15, 0.2) is 12.1 Å². The monoisotopic (exact) mass is 689 g/mol. The molecule has 49 heavy (non-hydrogen) atoms. The first kappa shape index (κ1) is 46.0. The van der Waals surface area contributed by atoms with Crippen molar-refractivity contribution in [3.63, 3.8) is 0 Å². The molecule has 1 N–H and O–H groups in total. The van der Waals surface area contributed by atoms with Crippen LogP contribution in [0, 0.1) is 0 Å². The van der Waals surface area contributed by atoms with Crippen LogP contribution >= 0.6 is 0 Å². The smallest absolute Gasteiger partial charge is 0.362 e. The van der Waals surface area contributed by atoms with E-state index < -0.39 is 18.1 Å². The number of esters is 2. The van der Waals surface area contributed by atoms with Gasteiger partial charge in [-0.05, 0) is 57.8 Å². The predicted molar refractivity (Wildman–Crippen MR) is 201 cm³/mol. The van der Waals surface area contributed by atoms with Gasteiger partial charge in [-0.15, -0.1) is 0 Å². The second-order valence-electron chi connectivity index (χ2n) is 13.5. The first-order chi connectivity index (χ1) is 23.6. The minimum Gasteiger partial charge on any atom is -0.477 e. The lowest BCUT2D eigenvalue weighted by atomic mass is 10.1. The zero-order valence-electron chi connectivity index (χ0n) is 31.6. The van der Waals surface area contributed by atoms with Gasteiger partial charge in [0.1, 0.15) is 6.61 Å². The van der Waals surface area contributed by atoms with Crippen LogP contribution in [-0.4, -0.2) is 80.6 Å². The van der Waals surface area contributed by atoms with E-state index >= 15 is 0 Å². The lowest BCUT2D eigenvalue weighted by molar-refractivity contribution is -0.887. The maximum absolute atomic E-state index is 12.6. The topological polar surface area (TPSA) is 99.1 Å². The third-order valence-corrected chi connectivity index (χ3v) is 8.00. The largest absolute Gasteiger partial charge is 0.477 e. The van der Waals surface area contributed by atoms with E-state index in [2.05, 4.69) is 38.2 Å². The molecule has 0 aromatic rings. The molecule has 0 aliphatic carbocycles. The molecule has 0 aliphatic rings. The van der Waals surface area contributed by atoms with Gasteiger partial charge in [-0.2, -0.15) is 0 Å². The van der Waals surface area contributed by atoms with Crippen LogP contribution in [0.25, 0.3) is 0 Å². The highest BCUT2D eigenvalue weighted by Crippen LogP contribution is 2.12. The molecule has 280 valence electrons. The van der Waals surface area contributed by atoms with Gasteiger partial charge in [0.05, 0.1) is 34.4 Å². The van der Waals surface area contributed by atoms with Gasteiger partial charge in [0, 0.05) is 19.3 Å². The maximum Gasteiger partial charge on any atom is 0.362 e. The van der Waals surface area contributed by atoms with E-state index in [0.717, 1.165) is 64.2 Å². The average molecular weight is 689 g/mol. The van der Waals surface area contributed by atoms with Crippen LogP contribution in [0.4, 0.5) is 0 Å². The zero-order chi connectivity index (χ0) is 36.4. The Labute approximate surface area is 298 Å². The van der Waals surface area contributed by atoms with Crippen molar-refractivity contribution in [3.05, 3.63) is 60.8 Å². The fourth-order valence-electron chi connectivity index (χ4n) is 5.03. The van der Waals surface area contributed by atoms with E-state index in [1.165, 1.54) is 32.1 Å². The third kappa shape index (κ3) is 30.8. The molecule has 2 atom stereocenters. The number of carbonyl (C=O) groups excluding carboxylic acids is 2. The number of allylic oxidation sites excluding steroid dienone is 10. The quantitative estimate of drug-likeness (QED) is 0.0247. The van der Waals surface area contributed by atoms with Gasteiger partial charge in [-0.3, -0.25) is 9.59 Å². The Hall–Kier alpha value is -2.97. The van der Waals surface area contributed by atoms with Gasteiger partial charge in [-0.25, -0.2) is 4.79 Å². The summed E-state index contributed by atoms with van der Waals surface area (Å²) in [5, 5.41) is 9.57. The van der Waals surface area contributed by atoms with E-state index in [4.69, 9.17) is 14.2 Å². The van der Waals surface area contributed by atoms with Crippen LogP contribution in [0.3, 0.4) is 0 Å². The standard InChI is InChI=1S/C41H69NO7/c1-6-8-10-12-14-16-18-20-22-23-25-27-29-31-39(43)48-36-37(35-47-34-33-38(41(45)46)42(3,4)5)49-40(44)32-30-28-26-24-21-19-17-15-13-11-9-7-2/h8,10,12,14-18,20,22,37-38H,6-7,9,11,13,19,21,23-36H2,1-5H3/p+1/b10-8+,14-12+,17-15+,18-16+,22-20+. The van der Waals surface area contributed by atoms with Gasteiger partial charge in [0.2, 0.25) is 0 Å². The van der Waals surface area contributed by atoms with Crippen molar-refractivity contribution in [2.24, 2.45) is 0 Å². The number of hydrogen-bond donors (Lipinski definition) is 1. The Morgan fingerprint density at radius 2 is 1.16 bits per heavy atom. The molecule has 8 nitrogen and oxygen atoms in total. The number of nitrogens with zero attached hydrogens (tertiary/aromatic N) is 1. The summed E-state index contributed by atoms with van der Waals surface area (Å²) in [6, 6.07) is -0.622. The van der Waals surface area contributed by atoms with Crippen molar-refractivity contribution < 1.29 is 38.2 Å². The summed E-state index contributed by atoms with van der Waals surface area (Å²) >= 11 is 0. The summed E-state index contributed by atoms with van der Waals surface area (Å²) in [5.41, 5.74) is 0. The third-order valence-electron chi connectivity index (χ3n) is 8.00. The summed E-state index contributed by atoms with van der Waals surface area (Å²) < 4.78 is 17.1. The van der Waals surface area contributed by atoms with Crippen molar-refractivity contribution in [1.29, 1.82) is 0 Å². The minimum atomic E-state index is -0.886. The number of aliphatic carboxylic acids is 1. The molecule has 0 radical (unpaired) electrons. The first-order valence-corrected chi connectivity index (χ1v) is 18.9. The Balaban J connectivity index is 4.53.